The molecule has 0 saturated heterocycles. The quantitative estimate of drug-likeness (QED) is 0.589. The molecular formula is C19H17NO3. The molecule has 0 unspecified atom stereocenters. The standard InChI is InChI=1S/C19H17NO3/c1-22-14-9-7-12(8-10-14)16-11-13-5-3-4-6-15(13)18(20)17(16)19(21)23-2/h3-11H,20H2,1-2H3. The summed E-state index contributed by atoms with van der Waals surface area (Å²) >= 11 is 0. The van der Waals surface area contributed by atoms with Gasteiger partial charge in [-0.3, -0.25) is 0 Å². The molecule has 0 aliphatic carbocycles. The summed E-state index contributed by atoms with van der Waals surface area (Å²) in [5.74, 6) is 0.307. The zero-order valence-corrected chi connectivity index (χ0v) is 13.0. The van der Waals surface area contributed by atoms with E-state index in [1.165, 1.54) is 7.11 Å². The van der Waals surface area contributed by atoms with E-state index in [-0.39, 0.29) is 0 Å². The molecule has 2 N–H and O–H groups in total. The summed E-state index contributed by atoms with van der Waals surface area (Å²) in [6.07, 6.45) is 0. The number of fused-ring (bicyclic) bond motifs is 1. The average molecular weight is 307 g/mol. The number of rotatable bonds is 3. The van der Waals surface area contributed by atoms with Crippen LogP contribution in [-0.2, 0) is 4.74 Å². The summed E-state index contributed by atoms with van der Waals surface area (Å²) in [6, 6.07) is 17.2. The molecule has 0 aromatic heterocycles. The molecule has 0 saturated carbocycles. The maximum Gasteiger partial charge on any atom is 0.340 e. The highest BCUT2D eigenvalue weighted by molar-refractivity contribution is 6.11. The zero-order chi connectivity index (χ0) is 16.4. The number of carbonyl (C=O) groups is 1. The highest BCUT2D eigenvalue weighted by Gasteiger charge is 2.19. The van der Waals surface area contributed by atoms with Crippen molar-refractivity contribution in [1.82, 2.24) is 0 Å². The van der Waals surface area contributed by atoms with Crippen molar-refractivity contribution in [2.45, 2.75) is 0 Å². The van der Waals surface area contributed by atoms with Crippen molar-refractivity contribution >= 4 is 22.4 Å². The number of hydrogen-bond donors (Lipinski definition) is 1. The van der Waals surface area contributed by atoms with Crippen molar-refractivity contribution in [2.75, 3.05) is 20.0 Å². The second-order valence-electron chi connectivity index (χ2n) is 5.15. The van der Waals surface area contributed by atoms with Crippen LogP contribution in [0.1, 0.15) is 10.4 Å². The second kappa shape index (κ2) is 6.01. The van der Waals surface area contributed by atoms with Gasteiger partial charge in [-0.15, -0.1) is 0 Å². The van der Waals surface area contributed by atoms with Gasteiger partial charge in [0.2, 0.25) is 0 Å². The number of carbonyl (C=O) groups excluding carboxylic acids is 1. The third kappa shape index (κ3) is 2.59. The van der Waals surface area contributed by atoms with E-state index in [2.05, 4.69) is 0 Å². The van der Waals surface area contributed by atoms with Gasteiger partial charge in [-0.05, 0) is 34.7 Å². The maximum atomic E-state index is 12.3. The van der Waals surface area contributed by atoms with E-state index in [0.29, 0.717) is 11.3 Å². The fraction of sp³-hybridized carbons (Fsp3) is 0.105. The van der Waals surface area contributed by atoms with Crippen LogP contribution < -0.4 is 10.5 Å². The monoisotopic (exact) mass is 307 g/mol. The van der Waals surface area contributed by atoms with Crippen LogP contribution in [0.2, 0.25) is 0 Å². The third-order valence-corrected chi connectivity index (χ3v) is 3.88. The van der Waals surface area contributed by atoms with Crippen molar-refractivity contribution in [3.8, 4) is 16.9 Å². The largest absolute Gasteiger partial charge is 0.497 e. The Morgan fingerprint density at radius 1 is 1.00 bits per heavy atom. The van der Waals surface area contributed by atoms with Gasteiger partial charge in [0.1, 0.15) is 5.75 Å². The lowest BCUT2D eigenvalue weighted by molar-refractivity contribution is 0.0603. The topological polar surface area (TPSA) is 61.5 Å². The van der Waals surface area contributed by atoms with E-state index in [1.807, 2.05) is 54.6 Å². The van der Waals surface area contributed by atoms with Gasteiger partial charge in [0.15, 0.2) is 0 Å². The molecule has 0 bridgehead atoms. The number of hydrogen-bond acceptors (Lipinski definition) is 4. The van der Waals surface area contributed by atoms with Gasteiger partial charge in [0, 0.05) is 5.39 Å². The Morgan fingerprint density at radius 2 is 1.70 bits per heavy atom. The SMILES string of the molecule is COC(=O)c1c(-c2ccc(OC)cc2)cc2ccccc2c1N. The molecule has 3 aromatic rings. The van der Waals surface area contributed by atoms with Gasteiger partial charge < -0.3 is 15.2 Å². The Kier molecular flexibility index (Phi) is 3.89. The van der Waals surface area contributed by atoms with Crippen LogP contribution in [-0.4, -0.2) is 20.2 Å². The summed E-state index contributed by atoms with van der Waals surface area (Å²) in [6.45, 7) is 0. The third-order valence-electron chi connectivity index (χ3n) is 3.88. The molecule has 116 valence electrons. The van der Waals surface area contributed by atoms with Crippen molar-refractivity contribution in [1.29, 1.82) is 0 Å². The van der Waals surface area contributed by atoms with Crippen LogP contribution in [0.4, 0.5) is 5.69 Å². The molecule has 4 nitrogen and oxygen atoms in total. The Bertz CT molecular complexity index is 870. The molecule has 4 heteroatoms. The van der Waals surface area contributed by atoms with Crippen LogP contribution in [0.15, 0.2) is 54.6 Å². The fourth-order valence-corrected chi connectivity index (χ4v) is 2.70. The Labute approximate surface area is 134 Å². The average Bonchev–Trinajstić information content (AvgIpc) is 2.61. The number of benzene rings is 3. The van der Waals surface area contributed by atoms with Crippen LogP contribution in [0.25, 0.3) is 21.9 Å². The van der Waals surface area contributed by atoms with Crippen molar-refractivity contribution in [3.63, 3.8) is 0 Å². The van der Waals surface area contributed by atoms with E-state index >= 15 is 0 Å². The van der Waals surface area contributed by atoms with Crippen LogP contribution in [0.5, 0.6) is 5.75 Å². The zero-order valence-electron chi connectivity index (χ0n) is 13.0. The first kappa shape index (κ1) is 14.9. The number of methoxy groups -OCH3 is 2. The molecule has 23 heavy (non-hydrogen) atoms. The molecule has 0 aliphatic rings. The Hall–Kier alpha value is -3.01. The van der Waals surface area contributed by atoms with E-state index in [0.717, 1.165) is 27.6 Å². The van der Waals surface area contributed by atoms with Gasteiger partial charge >= 0.3 is 5.97 Å². The smallest absolute Gasteiger partial charge is 0.340 e. The van der Waals surface area contributed by atoms with Gasteiger partial charge in [-0.2, -0.15) is 0 Å². The molecule has 0 radical (unpaired) electrons. The first-order valence-corrected chi connectivity index (χ1v) is 7.19. The summed E-state index contributed by atoms with van der Waals surface area (Å²) in [5.41, 5.74) is 8.71. The summed E-state index contributed by atoms with van der Waals surface area (Å²) in [4.78, 5) is 12.3. The van der Waals surface area contributed by atoms with E-state index in [1.54, 1.807) is 7.11 Å². The molecule has 0 amide bonds. The minimum atomic E-state index is -0.445. The predicted octanol–water partition coefficient (Wildman–Crippen LogP) is 3.88. The lowest BCUT2D eigenvalue weighted by Crippen LogP contribution is -2.08. The first-order chi connectivity index (χ1) is 11.2. The highest BCUT2D eigenvalue weighted by atomic mass is 16.5. The number of nitrogen functional groups attached to an aromatic ring is 1. The highest BCUT2D eigenvalue weighted by Crippen LogP contribution is 2.35. The molecule has 0 atom stereocenters. The summed E-state index contributed by atoms with van der Waals surface area (Å²) < 4.78 is 10.1. The van der Waals surface area contributed by atoms with Crippen LogP contribution in [0, 0.1) is 0 Å². The number of esters is 1. The Balaban J connectivity index is 2.30. The Morgan fingerprint density at radius 3 is 2.35 bits per heavy atom. The van der Waals surface area contributed by atoms with Crippen molar-refractivity contribution in [3.05, 3.63) is 60.2 Å². The van der Waals surface area contributed by atoms with Gasteiger partial charge in [-0.25, -0.2) is 4.79 Å². The molecule has 3 rings (SSSR count). The fourth-order valence-electron chi connectivity index (χ4n) is 2.70. The van der Waals surface area contributed by atoms with Crippen molar-refractivity contribution < 1.29 is 14.3 Å². The van der Waals surface area contributed by atoms with Gasteiger partial charge in [-0.1, -0.05) is 36.4 Å². The molecular weight excluding hydrogens is 290 g/mol. The predicted molar refractivity (Wildman–Crippen MR) is 91.7 cm³/mol. The summed E-state index contributed by atoms with van der Waals surface area (Å²) in [7, 11) is 2.97. The molecule has 0 heterocycles. The normalized spacial score (nSPS) is 10.5. The van der Waals surface area contributed by atoms with E-state index < -0.39 is 5.97 Å². The number of ether oxygens (including phenoxy) is 2. The lowest BCUT2D eigenvalue weighted by atomic mass is 9.93. The molecule has 3 aromatic carbocycles. The molecule has 0 spiro atoms. The van der Waals surface area contributed by atoms with Crippen LogP contribution in [0.3, 0.4) is 0 Å². The van der Waals surface area contributed by atoms with Gasteiger partial charge in [0.25, 0.3) is 0 Å². The van der Waals surface area contributed by atoms with Crippen molar-refractivity contribution in [2.24, 2.45) is 0 Å². The first-order valence-electron chi connectivity index (χ1n) is 7.19. The lowest BCUT2D eigenvalue weighted by Gasteiger charge is -2.14. The van der Waals surface area contributed by atoms with E-state index in [9.17, 15) is 4.79 Å². The maximum absolute atomic E-state index is 12.3. The van der Waals surface area contributed by atoms with Gasteiger partial charge in [0.05, 0.1) is 25.5 Å². The number of nitrogens with two attached hydrogens (primary N) is 1. The molecule has 0 aliphatic heterocycles. The minimum Gasteiger partial charge on any atom is -0.497 e. The molecule has 0 fully saturated rings. The van der Waals surface area contributed by atoms with Crippen LogP contribution >= 0.6 is 0 Å². The minimum absolute atomic E-state index is 0.386. The number of anilines is 1. The summed E-state index contributed by atoms with van der Waals surface area (Å²) in [5, 5.41) is 1.81. The second-order valence-corrected chi connectivity index (χ2v) is 5.15. The van der Waals surface area contributed by atoms with E-state index in [4.69, 9.17) is 15.2 Å².